The Bertz CT molecular complexity index is 604. The molecule has 1 aliphatic rings. The molecule has 0 aliphatic heterocycles. The molecule has 0 saturated heterocycles. The number of rotatable bonds is 4. The van der Waals surface area contributed by atoms with Crippen molar-refractivity contribution in [2.75, 3.05) is 0 Å². The smallest absolute Gasteiger partial charge is 0.336 e. The summed E-state index contributed by atoms with van der Waals surface area (Å²) in [6.07, 6.45) is 3.75. The average molecular weight is 317 g/mol. The number of aromatic carboxylic acids is 1. The van der Waals surface area contributed by atoms with Crippen molar-refractivity contribution in [2.45, 2.75) is 49.8 Å². The van der Waals surface area contributed by atoms with Crippen LogP contribution < -0.4 is 4.72 Å². The molecule has 20 heavy (non-hydrogen) atoms. The summed E-state index contributed by atoms with van der Waals surface area (Å²) in [7, 11) is -3.62. The summed E-state index contributed by atoms with van der Waals surface area (Å²) in [4.78, 5) is 10.8. The lowest BCUT2D eigenvalue weighted by Gasteiger charge is -2.35. The van der Waals surface area contributed by atoms with Crippen LogP contribution in [0.5, 0.6) is 0 Å². The Morgan fingerprint density at radius 1 is 1.50 bits per heavy atom. The van der Waals surface area contributed by atoms with Crippen molar-refractivity contribution in [2.24, 2.45) is 5.41 Å². The molecule has 2 N–H and O–H groups in total. The highest BCUT2D eigenvalue weighted by atomic mass is 32.2. The van der Waals surface area contributed by atoms with E-state index in [2.05, 4.69) is 18.6 Å². The number of sulfonamides is 1. The van der Waals surface area contributed by atoms with Crippen molar-refractivity contribution < 1.29 is 18.3 Å². The summed E-state index contributed by atoms with van der Waals surface area (Å²) in [6, 6.07) is 1.14. The van der Waals surface area contributed by atoms with E-state index in [1.807, 2.05) is 0 Å². The third-order valence-electron chi connectivity index (χ3n) is 3.61. The Morgan fingerprint density at radius 2 is 2.20 bits per heavy atom. The van der Waals surface area contributed by atoms with Gasteiger partial charge in [-0.3, -0.25) is 0 Å². The lowest BCUT2D eigenvalue weighted by molar-refractivity contribution is 0.0697. The zero-order chi connectivity index (χ0) is 15.0. The summed E-state index contributed by atoms with van der Waals surface area (Å²) in [5, 5.41) is 10.2. The maximum absolute atomic E-state index is 12.3. The second-order valence-electron chi connectivity index (χ2n) is 6.04. The summed E-state index contributed by atoms with van der Waals surface area (Å²) < 4.78 is 27.3. The van der Waals surface area contributed by atoms with Gasteiger partial charge in [0, 0.05) is 11.4 Å². The Balaban J connectivity index is 2.12. The minimum atomic E-state index is -3.62. The molecule has 1 fully saturated rings. The second-order valence-corrected chi connectivity index (χ2v) is 8.89. The quantitative estimate of drug-likeness (QED) is 0.894. The molecule has 1 aromatic heterocycles. The van der Waals surface area contributed by atoms with Crippen molar-refractivity contribution in [1.29, 1.82) is 0 Å². The molecule has 112 valence electrons. The van der Waals surface area contributed by atoms with Crippen molar-refractivity contribution in [3.8, 4) is 0 Å². The largest absolute Gasteiger partial charge is 0.478 e. The zero-order valence-corrected chi connectivity index (χ0v) is 13.2. The molecule has 1 aromatic rings. The fourth-order valence-corrected chi connectivity index (χ4v) is 5.09. The normalized spacial score (nSPS) is 22.6. The van der Waals surface area contributed by atoms with Crippen LogP contribution in [-0.4, -0.2) is 25.5 Å². The summed E-state index contributed by atoms with van der Waals surface area (Å²) in [5.74, 6) is -1.11. The van der Waals surface area contributed by atoms with Gasteiger partial charge in [-0.1, -0.05) is 20.3 Å². The second kappa shape index (κ2) is 5.46. The van der Waals surface area contributed by atoms with E-state index in [0.29, 0.717) is 0 Å². The minimum absolute atomic E-state index is 0.0133. The molecule has 1 aliphatic carbocycles. The van der Waals surface area contributed by atoms with Crippen molar-refractivity contribution in [3.63, 3.8) is 0 Å². The molecule has 0 amide bonds. The van der Waals surface area contributed by atoms with Crippen LogP contribution in [0.3, 0.4) is 0 Å². The van der Waals surface area contributed by atoms with E-state index in [9.17, 15) is 13.2 Å². The maximum Gasteiger partial charge on any atom is 0.336 e. The first-order valence-electron chi connectivity index (χ1n) is 6.54. The van der Waals surface area contributed by atoms with Crippen LogP contribution >= 0.6 is 11.3 Å². The number of carbonyl (C=O) groups is 1. The molecule has 1 atom stereocenters. The number of carboxylic acid groups (broad SMARTS) is 1. The van der Waals surface area contributed by atoms with Crippen LogP contribution in [0, 0.1) is 5.41 Å². The number of thiophene rings is 1. The van der Waals surface area contributed by atoms with E-state index < -0.39 is 16.0 Å². The fraction of sp³-hybridized carbons (Fsp3) is 0.615. The van der Waals surface area contributed by atoms with E-state index in [1.54, 1.807) is 0 Å². The lowest BCUT2D eigenvalue weighted by Crippen LogP contribution is -2.40. The van der Waals surface area contributed by atoms with Gasteiger partial charge < -0.3 is 5.11 Å². The Hall–Kier alpha value is -0.920. The predicted molar refractivity (Wildman–Crippen MR) is 77.6 cm³/mol. The molecular weight excluding hydrogens is 298 g/mol. The molecule has 0 spiro atoms. The Morgan fingerprint density at radius 3 is 2.75 bits per heavy atom. The van der Waals surface area contributed by atoms with Crippen LogP contribution in [0.15, 0.2) is 15.7 Å². The van der Waals surface area contributed by atoms with Crippen molar-refractivity contribution in [1.82, 2.24) is 4.72 Å². The standard InChI is InChI=1S/C13H19NO4S2/c1-13(2)5-3-4-10(7-13)14-20(17,18)11-6-9(8-19-11)12(15)16/h6,8,10,14H,3-5,7H2,1-2H3,(H,15,16). The SMILES string of the molecule is CC1(C)CCCC(NS(=O)(=O)c2cc(C(=O)O)cs2)C1. The molecule has 0 bridgehead atoms. The van der Waals surface area contributed by atoms with Gasteiger partial charge in [0.1, 0.15) is 4.21 Å². The van der Waals surface area contributed by atoms with Crippen molar-refractivity contribution in [3.05, 3.63) is 17.0 Å². The summed E-state index contributed by atoms with van der Waals surface area (Å²) >= 11 is 0.942. The molecule has 5 nitrogen and oxygen atoms in total. The summed E-state index contributed by atoms with van der Waals surface area (Å²) in [5.41, 5.74) is 0.159. The van der Waals surface area contributed by atoms with Gasteiger partial charge in [-0.2, -0.15) is 0 Å². The average Bonchev–Trinajstić information content (AvgIpc) is 2.76. The molecule has 2 rings (SSSR count). The highest BCUT2D eigenvalue weighted by molar-refractivity contribution is 7.91. The fourth-order valence-electron chi connectivity index (χ4n) is 2.65. The van der Waals surface area contributed by atoms with Gasteiger partial charge in [-0.25, -0.2) is 17.9 Å². The zero-order valence-electron chi connectivity index (χ0n) is 11.5. The van der Waals surface area contributed by atoms with E-state index in [0.717, 1.165) is 37.0 Å². The summed E-state index contributed by atoms with van der Waals surface area (Å²) in [6.45, 7) is 4.28. The van der Waals surface area contributed by atoms with Crippen LogP contribution in [-0.2, 0) is 10.0 Å². The van der Waals surface area contributed by atoms with Crippen molar-refractivity contribution >= 4 is 27.3 Å². The van der Waals surface area contributed by atoms with E-state index >= 15 is 0 Å². The number of hydrogen-bond donors (Lipinski definition) is 2. The van der Waals surface area contributed by atoms with Crippen LogP contribution in [0.1, 0.15) is 49.9 Å². The van der Waals surface area contributed by atoms with E-state index in [4.69, 9.17) is 5.11 Å². The monoisotopic (exact) mass is 317 g/mol. The van der Waals surface area contributed by atoms with Crippen LogP contribution in [0.2, 0.25) is 0 Å². The molecule has 1 saturated carbocycles. The molecule has 0 radical (unpaired) electrons. The first kappa shape index (κ1) is 15.5. The molecule has 0 aromatic carbocycles. The van der Waals surface area contributed by atoms with E-state index in [1.165, 1.54) is 11.4 Å². The highest BCUT2D eigenvalue weighted by Gasteiger charge is 2.31. The Kier molecular flexibility index (Phi) is 4.22. The Labute approximate surface area is 123 Å². The van der Waals surface area contributed by atoms with Gasteiger partial charge in [0.15, 0.2) is 0 Å². The van der Waals surface area contributed by atoms with Crippen LogP contribution in [0.25, 0.3) is 0 Å². The number of carboxylic acids is 1. The minimum Gasteiger partial charge on any atom is -0.478 e. The molecule has 1 unspecified atom stereocenters. The van der Waals surface area contributed by atoms with Crippen LogP contribution in [0.4, 0.5) is 0 Å². The van der Waals surface area contributed by atoms with Gasteiger partial charge >= 0.3 is 5.97 Å². The number of hydrogen-bond acceptors (Lipinski definition) is 4. The first-order chi connectivity index (χ1) is 9.20. The van der Waals surface area contributed by atoms with Gasteiger partial charge in [0.05, 0.1) is 5.56 Å². The number of nitrogens with one attached hydrogen (secondary N) is 1. The van der Waals surface area contributed by atoms with Gasteiger partial charge in [-0.15, -0.1) is 11.3 Å². The topological polar surface area (TPSA) is 83.5 Å². The lowest BCUT2D eigenvalue weighted by atomic mass is 9.75. The molecular formula is C13H19NO4S2. The third kappa shape index (κ3) is 3.59. The molecule has 1 heterocycles. The highest BCUT2D eigenvalue weighted by Crippen LogP contribution is 2.35. The third-order valence-corrected chi connectivity index (χ3v) is 6.57. The first-order valence-corrected chi connectivity index (χ1v) is 8.90. The van der Waals surface area contributed by atoms with Gasteiger partial charge in [-0.05, 0) is 30.7 Å². The van der Waals surface area contributed by atoms with Gasteiger partial charge in [0.2, 0.25) is 10.0 Å². The predicted octanol–water partition coefficient (Wildman–Crippen LogP) is 2.69. The molecule has 7 heteroatoms. The van der Waals surface area contributed by atoms with E-state index in [-0.39, 0.29) is 21.2 Å². The maximum atomic E-state index is 12.3. The van der Waals surface area contributed by atoms with Gasteiger partial charge in [0.25, 0.3) is 0 Å².